The molecule has 0 aromatic rings. The van der Waals surface area contributed by atoms with Gasteiger partial charge in [0.05, 0.1) is 0 Å². The quantitative estimate of drug-likeness (QED) is 0.527. The number of rotatable bonds is 9. The largest absolute Gasteiger partial charge is 0.316 e. The molecule has 0 aliphatic heterocycles. The Hall–Kier alpha value is -0.0400. The molecule has 120 valence electrons. The van der Waals surface area contributed by atoms with Crippen LogP contribution in [0.4, 0.5) is 0 Å². The Morgan fingerprint density at radius 1 is 1.05 bits per heavy atom. The summed E-state index contributed by atoms with van der Waals surface area (Å²) in [4.78, 5) is 0. The van der Waals surface area contributed by atoms with Crippen molar-refractivity contribution in [3.8, 4) is 0 Å². The Morgan fingerprint density at radius 3 is 2.20 bits per heavy atom. The van der Waals surface area contributed by atoms with Crippen LogP contribution >= 0.6 is 0 Å². The zero-order chi connectivity index (χ0) is 14.8. The summed E-state index contributed by atoms with van der Waals surface area (Å²) in [6.07, 6.45) is 14.4. The molecule has 1 saturated carbocycles. The maximum Gasteiger partial charge on any atom is 0.00105 e. The minimum absolute atomic E-state index is 0.579. The second-order valence-electron chi connectivity index (χ2n) is 7.53. The van der Waals surface area contributed by atoms with Crippen LogP contribution in [-0.2, 0) is 0 Å². The van der Waals surface area contributed by atoms with E-state index in [2.05, 4.69) is 33.0 Å². The molecule has 0 radical (unpaired) electrons. The molecule has 0 aromatic carbocycles. The van der Waals surface area contributed by atoms with Crippen molar-refractivity contribution in [2.24, 2.45) is 17.3 Å². The number of unbranched alkanes of at least 4 members (excludes halogenated alkanes) is 1. The van der Waals surface area contributed by atoms with E-state index in [1.807, 2.05) is 0 Å². The lowest BCUT2D eigenvalue weighted by Crippen LogP contribution is -2.41. The molecule has 20 heavy (non-hydrogen) atoms. The molecule has 1 fully saturated rings. The Labute approximate surface area is 128 Å². The van der Waals surface area contributed by atoms with Gasteiger partial charge in [0.2, 0.25) is 0 Å². The summed E-state index contributed by atoms with van der Waals surface area (Å²) in [6.45, 7) is 11.9. The van der Waals surface area contributed by atoms with Gasteiger partial charge in [-0.2, -0.15) is 0 Å². The number of nitrogens with one attached hydrogen (secondary N) is 1. The SMILES string of the molecule is CCCCC(CC)(CNCC(C)C)C1CCCCCC1. The molecule has 1 heteroatoms. The molecule has 1 aliphatic rings. The van der Waals surface area contributed by atoms with Crippen molar-refractivity contribution >= 4 is 0 Å². The Kier molecular flexibility index (Phi) is 8.84. The van der Waals surface area contributed by atoms with Crippen molar-refractivity contribution in [2.75, 3.05) is 13.1 Å². The minimum Gasteiger partial charge on any atom is -0.316 e. The first-order valence-electron chi connectivity index (χ1n) is 9.35. The van der Waals surface area contributed by atoms with Gasteiger partial charge in [-0.1, -0.05) is 66.2 Å². The molecule has 1 N–H and O–H groups in total. The lowest BCUT2D eigenvalue weighted by atomic mass is 9.67. The average Bonchev–Trinajstić information content (AvgIpc) is 2.72. The molecule has 1 aliphatic carbocycles. The van der Waals surface area contributed by atoms with Crippen molar-refractivity contribution < 1.29 is 0 Å². The van der Waals surface area contributed by atoms with Crippen LogP contribution in [0.5, 0.6) is 0 Å². The molecule has 0 spiro atoms. The van der Waals surface area contributed by atoms with Gasteiger partial charge < -0.3 is 5.32 Å². The summed E-state index contributed by atoms with van der Waals surface area (Å²) >= 11 is 0. The maximum absolute atomic E-state index is 3.80. The van der Waals surface area contributed by atoms with Crippen LogP contribution in [0, 0.1) is 17.3 Å². The minimum atomic E-state index is 0.579. The predicted molar refractivity (Wildman–Crippen MR) is 91.1 cm³/mol. The lowest BCUT2D eigenvalue weighted by Gasteiger charge is -2.41. The van der Waals surface area contributed by atoms with E-state index in [0.29, 0.717) is 5.41 Å². The topological polar surface area (TPSA) is 12.0 Å². The van der Waals surface area contributed by atoms with Crippen molar-refractivity contribution in [2.45, 2.75) is 91.9 Å². The third-order valence-corrected chi connectivity index (χ3v) is 5.48. The zero-order valence-corrected chi connectivity index (χ0v) is 14.6. The van der Waals surface area contributed by atoms with Gasteiger partial charge in [-0.25, -0.2) is 0 Å². The van der Waals surface area contributed by atoms with E-state index >= 15 is 0 Å². The van der Waals surface area contributed by atoms with Crippen LogP contribution in [-0.4, -0.2) is 13.1 Å². The molecule has 0 amide bonds. The van der Waals surface area contributed by atoms with Crippen molar-refractivity contribution in [3.63, 3.8) is 0 Å². The monoisotopic (exact) mass is 281 g/mol. The van der Waals surface area contributed by atoms with Gasteiger partial charge in [0.15, 0.2) is 0 Å². The molecule has 1 unspecified atom stereocenters. The van der Waals surface area contributed by atoms with Crippen molar-refractivity contribution in [3.05, 3.63) is 0 Å². The van der Waals surface area contributed by atoms with E-state index in [-0.39, 0.29) is 0 Å². The summed E-state index contributed by atoms with van der Waals surface area (Å²) < 4.78 is 0. The van der Waals surface area contributed by atoms with E-state index in [4.69, 9.17) is 0 Å². The van der Waals surface area contributed by atoms with E-state index in [0.717, 1.165) is 11.8 Å². The molecular formula is C19H39N. The molecular weight excluding hydrogens is 242 g/mol. The van der Waals surface area contributed by atoms with Crippen molar-refractivity contribution in [1.82, 2.24) is 5.32 Å². The van der Waals surface area contributed by atoms with Crippen LogP contribution in [0.1, 0.15) is 91.9 Å². The highest BCUT2D eigenvalue weighted by Gasteiger charge is 2.36. The highest BCUT2D eigenvalue weighted by Crippen LogP contribution is 2.43. The Balaban J connectivity index is 2.67. The zero-order valence-electron chi connectivity index (χ0n) is 14.6. The molecule has 1 atom stereocenters. The first-order chi connectivity index (χ1) is 9.64. The second-order valence-corrected chi connectivity index (χ2v) is 7.53. The smallest absolute Gasteiger partial charge is 0.00105 e. The van der Waals surface area contributed by atoms with Gasteiger partial charge in [-0.05, 0) is 49.5 Å². The first-order valence-corrected chi connectivity index (χ1v) is 9.35. The fourth-order valence-corrected chi connectivity index (χ4v) is 4.06. The van der Waals surface area contributed by atoms with Gasteiger partial charge in [0.1, 0.15) is 0 Å². The maximum atomic E-state index is 3.80. The highest BCUT2D eigenvalue weighted by molar-refractivity contribution is 4.88. The molecule has 1 rings (SSSR count). The third kappa shape index (κ3) is 5.76. The van der Waals surface area contributed by atoms with E-state index < -0.39 is 0 Å². The highest BCUT2D eigenvalue weighted by atomic mass is 14.9. The summed E-state index contributed by atoms with van der Waals surface area (Å²) in [5.74, 6) is 1.74. The van der Waals surface area contributed by atoms with Gasteiger partial charge in [0, 0.05) is 6.54 Å². The fraction of sp³-hybridized carbons (Fsp3) is 1.00. The van der Waals surface area contributed by atoms with Crippen LogP contribution in [0.3, 0.4) is 0 Å². The van der Waals surface area contributed by atoms with E-state index in [9.17, 15) is 0 Å². The predicted octanol–water partition coefficient (Wildman–Crippen LogP) is 5.79. The summed E-state index contributed by atoms with van der Waals surface area (Å²) in [6, 6.07) is 0. The van der Waals surface area contributed by atoms with E-state index in [1.54, 1.807) is 0 Å². The average molecular weight is 282 g/mol. The molecule has 0 bridgehead atoms. The number of hydrogen-bond acceptors (Lipinski definition) is 1. The van der Waals surface area contributed by atoms with Gasteiger partial charge in [-0.3, -0.25) is 0 Å². The fourth-order valence-electron chi connectivity index (χ4n) is 4.06. The molecule has 0 aromatic heterocycles. The van der Waals surface area contributed by atoms with Crippen LogP contribution < -0.4 is 5.32 Å². The summed E-state index contributed by atoms with van der Waals surface area (Å²) in [5, 5.41) is 3.80. The lowest BCUT2D eigenvalue weighted by molar-refractivity contribution is 0.111. The summed E-state index contributed by atoms with van der Waals surface area (Å²) in [7, 11) is 0. The second kappa shape index (κ2) is 9.82. The molecule has 0 saturated heterocycles. The van der Waals surface area contributed by atoms with Gasteiger partial charge in [0.25, 0.3) is 0 Å². The van der Waals surface area contributed by atoms with E-state index in [1.165, 1.54) is 77.3 Å². The molecule has 0 heterocycles. The molecule has 1 nitrogen and oxygen atoms in total. The van der Waals surface area contributed by atoms with Crippen LogP contribution in [0.2, 0.25) is 0 Å². The number of hydrogen-bond donors (Lipinski definition) is 1. The van der Waals surface area contributed by atoms with Gasteiger partial charge >= 0.3 is 0 Å². The standard InChI is InChI=1S/C19H39N/c1-5-7-14-19(6-2,16-20-15-17(3)4)18-12-10-8-9-11-13-18/h17-18,20H,5-16H2,1-4H3. The Bertz CT molecular complexity index is 228. The summed E-state index contributed by atoms with van der Waals surface area (Å²) in [5.41, 5.74) is 0.579. The third-order valence-electron chi connectivity index (χ3n) is 5.48. The normalized spacial score (nSPS) is 20.9. The van der Waals surface area contributed by atoms with Crippen molar-refractivity contribution in [1.29, 1.82) is 0 Å². The van der Waals surface area contributed by atoms with Gasteiger partial charge in [-0.15, -0.1) is 0 Å². The van der Waals surface area contributed by atoms with Crippen LogP contribution in [0.15, 0.2) is 0 Å². The first kappa shape index (κ1) is 18.0. The van der Waals surface area contributed by atoms with Crippen LogP contribution in [0.25, 0.3) is 0 Å². The Morgan fingerprint density at radius 2 is 1.70 bits per heavy atom.